The van der Waals surface area contributed by atoms with Crippen LogP contribution < -0.4 is 10.1 Å². The molecular weight excluding hydrogens is 376 g/mol. The molecule has 1 aliphatic heterocycles. The lowest BCUT2D eigenvalue weighted by atomic mass is 10.2. The van der Waals surface area contributed by atoms with Crippen molar-refractivity contribution >= 4 is 29.3 Å². The van der Waals surface area contributed by atoms with Crippen molar-refractivity contribution in [2.24, 2.45) is 0 Å². The quantitative estimate of drug-likeness (QED) is 0.529. The molecule has 1 amide bonds. The van der Waals surface area contributed by atoms with Gasteiger partial charge in [-0.25, -0.2) is 9.78 Å². The van der Waals surface area contributed by atoms with E-state index in [1.807, 2.05) is 18.7 Å². The molecule has 0 aliphatic carbocycles. The Morgan fingerprint density at radius 1 is 1.25 bits per heavy atom. The zero-order valence-corrected chi connectivity index (χ0v) is 16.7. The third-order valence-corrected chi connectivity index (χ3v) is 5.42. The number of amides is 1. The van der Waals surface area contributed by atoms with Gasteiger partial charge in [-0.1, -0.05) is 13.3 Å². The predicted octanol–water partition coefficient (Wildman–Crippen LogP) is 4.18. The Kier molecular flexibility index (Phi) is 7.31. The van der Waals surface area contributed by atoms with Gasteiger partial charge in [0.25, 0.3) is 5.91 Å². The fourth-order valence-corrected chi connectivity index (χ4v) is 3.80. The van der Waals surface area contributed by atoms with Gasteiger partial charge in [0.1, 0.15) is 11.7 Å². The van der Waals surface area contributed by atoms with Crippen molar-refractivity contribution in [2.75, 3.05) is 23.4 Å². The SMILES string of the molecule is CCCCOC(=O)c1ccc(NC(=O)c2cccnc2OC2CCSC2)cc1. The average Bonchev–Trinajstić information content (AvgIpc) is 3.22. The van der Waals surface area contributed by atoms with Gasteiger partial charge in [0, 0.05) is 17.6 Å². The predicted molar refractivity (Wildman–Crippen MR) is 110 cm³/mol. The molecule has 1 unspecified atom stereocenters. The van der Waals surface area contributed by atoms with Crippen molar-refractivity contribution in [1.82, 2.24) is 4.98 Å². The van der Waals surface area contributed by atoms with Crippen LogP contribution in [0.5, 0.6) is 5.88 Å². The van der Waals surface area contributed by atoms with E-state index >= 15 is 0 Å². The minimum Gasteiger partial charge on any atom is -0.473 e. The minimum atomic E-state index is -0.358. The van der Waals surface area contributed by atoms with E-state index in [1.54, 1.807) is 42.6 Å². The second-order valence-electron chi connectivity index (χ2n) is 6.48. The highest BCUT2D eigenvalue weighted by atomic mass is 32.2. The lowest BCUT2D eigenvalue weighted by molar-refractivity contribution is 0.0499. The Morgan fingerprint density at radius 3 is 2.79 bits per heavy atom. The standard InChI is InChI=1S/C21H24N2O4S/c1-2-3-12-26-21(25)15-6-8-16(9-7-15)23-19(24)18-5-4-11-22-20(18)27-17-10-13-28-14-17/h4-9,11,17H,2-3,10,12-14H2,1H3,(H,23,24). The molecule has 0 bridgehead atoms. The summed E-state index contributed by atoms with van der Waals surface area (Å²) >= 11 is 1.84. The second kappa shape index (κ2) is 10.1. The number of anilines is 1. The molecule has 7 heteroatoms. The van der Waals surface area contributed by atoms with Gasteiger partial charge in [0.2, 0.25) is 5.88 Å². The highest BCUT2D eigenvalue weighted by molar-refractivity contribution is 7.99. The Bertz CT molecular complexity index is 804. The van der Waals surface area contributed by atoms with Crippen LogP contribution in [0.3, 0.4) is 0 Å². The van der Waals surface area contributed by atoms with E-state index in [0.717, 1.165) is 30.8 Å². The summed E-state index contributed by atoms with van der Waals surface area (Å²) < 4.78 is 11.1. The van der Waals surface area contributed by atoms with Crippen LogP contribution in [0.1, 0.15) is 46.9 Å². The number of benzene rings is 1. The van der Waals surface area contributed by atoms with E-state index in [-0.39, 0.29) is 18.0 Å². The summed E-state index contributed by atoms with van der Waals surface area (Å²) in [5.41, 5.74) is 1.43. The third-order valence-electron chi connectivity index (χ3n) is 4.29. The zero-order chi connectivity index (χ0) is 19.8. The molecular formula is C21H24N2O4S. The molecule has 1 aliphatic rings. The summed E-state index contributed by atoms with van der Waals surface area (Å²) in [7, 11) is 0. The molecule has 0 radical (unpaired) electrons. The van der Waals surface area contributed by atoms with Gasteiger partial charge in [-0.3, -0.25) is 4.79 Å². The average molecular weight is 401 g/mol. The van der Waals surface area contributed by atoms with Gasteiger partial charge in [-0.05, 0) is 55.0 Å². The molecule has 0 spiro atoms. The highest BCUT2D eigenvalue weighted by Gasteiger charge is 2.21. The summed E-state index contributed by atoms with van der Waals surface area (Å²) in [4.78, 5) is 28.8. The van der Waals surface area contributed by atoms with E-state index in [9.17, 15) is 9.59 Å². The Morgan fingerprint density at radius 2 is 2.07 bits per heavy atom. The van der Waals surface area contributed by atoms with Crippen LogP contribution in [0, 0.1) is 0 Å². The summed E-state index contributed by atoms with van der Waals surface area (Å²) in [6, 6.07) is 10.0. The number of carbonyl (C=O) groups is 2. The molecule has 6 nitrogen and oxygen atoms in total. The van der Waals surface area contributed by atoms with Gasteiger partial charge in [-0.15, -0.1) is 0 Å². The lowest BCUT2D eigenvalue weighted by Gasteiger charge is -2.14. The van der Waals surface area contributed by atoms with Crippen LogP contribution in [-0.4, -0.2) is 41.1 Å². The molecule has 1 N–H and O–H groups in total. The van der Waals surface area contributed by atoms with Crippen LogP contribution in [0.25, 0.3) is 0 Å². The maximum absolute atomic E-state index is 12.7. The molecule has 2 aromatic rings. The number of carbonyl (C=O) groups excluding carboxylic acids is 2. The minimum absolute atomic E-state index is 0.0875. The van der Waals surface area contributed by atoms with Crippen molar-refractivity contribution in [3.63, 3.8) is 0 Å². The molecule has 1 aromatic heterocycles. The summed E-state index contributed by atoms with van der Waals surface area (Å²) in [6.45, 7) is 2.45. The molecule has 1 aromatic carbocycles. The molecule has 1 atom stereocenters. The third kappa shape index (κ3) is 5.48. The number of nitrogens with zero attached hydrogens (tertiary/aromatic N) is 1. The first kappa shape index (κ1) is 20.2. The van der Waals surface area contributed by atoms with E-state index in [1.165, 1.54) is 0 Å². The normalized spacial score (nSPS) is 15.8. The molecule has 3 rings (SSSR count). The first-order valence-corrected chi connectivity index (χ1v) is 10.6. The fourth-order valence-electron chi connectivity index (χ4n) is 2.70. The lowest BCUT2D eigenvalue weighted by Crippen LogP contribution is -2.20. The van der Waals surface area contributed by atoms with Gasteiger partial charge in [-0.2, -0.15) is 11.8 Å². The monoisotopic (exact) mass is 400 g/mol. The van der Waals surface area contributed by atoms with Crippen molar-refractivity contribution in [1.29, 1.82) is 0 Å². The number of nitrogens with one attached hydrogen (secondary N) is 1. The zero-order valence-electron chi connectivity index (χ0n) is 15.8. The van der Waals surface area contributed by atoms with E-state index < -0.39 is 0 Å². The van der Waals surface area contributed by atoms with Crippen molar-refractivity contribution in [3.8, 4) is 5.88 Å². The summed E-state index contributed by atoms with van der Waals surface area (Å²) in [5, 5.41) is 2.83. The van der Waals surface area contributed by atoms with Crippen molar-refractivity contribution in [3.05, 3.63) is 53.7 Å². The largest absolute Gasteiger partial charge is 0.473 e. The van der Waals surface area contributed by atoms with Gasteiger partial charge >= 0.3 is 5.97 Å². The van der Waals surface area contributed by atoms with E-state index in [0.29, 0.717) is 29.3 Å². The fraction of sp³-hybridized carbons (Fsp3) is 0.381. The maximum Gasteiger partial charge on any atom is 0.338 e. The number of esters is 1. The Labute approximate surface area is 169 Å². The topological polar surface area (TPSA) is 77.5 Å². The van der Waals surface area contributed by atoms with Crippen LogP contribution in [0.4, 0.5) is 5.69 Å². The first-order chi connectivity index (χ1) is 13.7. The van der Waals surface area contributed by atoms with Crippen LogP contribution >= 0.6 is 11.8 Å². The summed E-state index contributed by atoms with van der Waals surface area (Å²) in [5.74, 6) is 1.67. The molecule has 148 valence electrons. The van der Waals surface area contributed by atoms with Crippen molar-refractivity contribution < 1.29 is 19.1 Å². The number of ether oxygens (including phenoxy) is 2. The van der Waals surface area contributed by atoms with Gasteiger partial charge in [0.05, 0.1) is 12.2 Å². The number of thioether (sulfide) groups is 1. The van der Waals surface area contributed by atoms with Crippen LogP contribution in [-0.2, 0) is 4.74 Å². The van der Waals surface area contributed by atoms with E-state index in [4.69, 9.17) is 9.47 Å². The van der Waals surface area contributed by atoms with Crippen molar-refractivity contribution in [2.45, 2.75) is 32.3 Å². The number of hydrogen-bond donors (Lipinski definition) is 1. The Hall–Kier alpha value is -2.54. The van der Waals surface area contributed by atoms with Crippen LogP contribution in [0.2, 0.25) is 0 Å². The second-order valence-corrected chi connectivity index (χ2v) is 7.63. The smallest absolute Gasteiger partial charge is 0.338 e. The first-order valence-electron chi connectivity index (χ1n) is 9.45. The maximum atomic E-state index is 12.7. The molecule has 1 fully saturated rings. The van der Waals surface area contributed by atoms with E-state index in [2.05, 4.69) is 10.3 Å². The molecule has 2 heterocycles. The molecule has 1 saturated heterocycles. The van der Waals surface area contributed by atoms with Crippen LogP contribution in [0.15, 0.2) is 42.6 Å². The Balaban J connectivity index is 1.62. The number of aromatic nitrogens is 1. The number of unbranched alkanes of at least 4 members (excludes halogenated alkanes) is 1. The number of hydrogen-bond acceptors (Lipinski definition) is 6. The number of rotatable bonds is 8. The molecule has 28 heavy (non-hydrogen) atoms. The summed E-state index contributed by atoms with van der Waals surface area (Å²) in [6.07, 6.45) is 4.47. The molecule has 0 saturated carbocycles. The highest BCUT2D eigenvalue weighted by Crippen LogP contribution is 2.24. The van der Waals surface area contributed by atoms with Gasteiger partial charge in [0.15, 0.2) is 0 Å². The number of pyridine rings is 1. The van der Waals surface area contributed by atoms with Gasteiger partial charge < -0.3 is 14.8 Å².